The molecule has 0 aromatic heterocycles. The van der Waals surface area contributed by atoms with Gasteiger partial charge in [0.25, 0.3) is 0 Å². The molecule has 2 N–H and O–H groups in total. The minimum atomic E-state index is 0. The fraction of sp³-hybridized carbons (Fsp3) is 0.611. The SMILES string of the molecule is CN=C(NCCCOCC1CC1)NCc1cccc(N(C)C)c1.I. The number of ether oxygens (including phenoxy) is 1. The van der Waals surface area contributed by atoms with Gasteiger partial charge in [-0.25, -0.2) is 0 Å². The summed E-state index contributed by atoms with van der Waals surface area (Å²) >= 11 is 0. The summed E-state index contributed by atoms with van der Waals surface area (Å²) < 4.78 is 5.63. The van der Waals surface area contributed by atoms with Gasteiger partial charge in [-0.05, 0) is 42.9 Å². The molecule has 0 unspecified atom stereocenters. The summed E-state index contributed by atoms with van der Waals surface area (Å²) in [5, 5.41) is 6.68. The molecular weight excluding hydrogens is 415 g/mol. The van der Waals surface area contributed by atoms with Crippen LogP contribution in [-0.4, -0.2) is 46.9 Å². The topological polar surface area (TPSA) is 48.9 Å². The van der Waals surface area contributed by atoms with E-state index in [4.69, 9.17) is 4.74 Å². The average Bonchev–Trinajstić information content (AvgIpc) is 3.38. The van der Waals surface area contributed by atoms with Crippen LogP contribution in [0.5, 0.6) is 0 Å². The molecule has 0 bridgehead atoms. The fourth-order valence-electron chi connectivity index (χ4n) is 2.27. The van der Waals surface area contributed by atoms with E-state index in [1.54, 1.807) is 7.05 Å². The van der Waals surface area contributed by atoms with Gasteiger partial charge in [0.1, 0.15) is 0 Å². The first-order valence-corrected chi connectivity index (χ1v) is 8.47. The Bertz CT molecular complexity index is 504. The second-order valence-electron chi connectivity index (χ2n) is 6.29. The molecule has 1 aliphatic carbocycles. The third kappa shape index (κ3) is 8.19. The molecule has 1 saturated carbocycles. The second kappa shape index (κ2) is 11.5. The number of nitrogens with zero attached hydrogens (tertiary/aromatic N) is 2. The molecule has 1 fully saturated rings. The van der Waals surface area contributed by atoms with Crippen molar-refractivity contribution in [3.63, 3.8) is 0 Å². The van der Waals surface area contributed by atoms with Gasteiger partial charge in [-0.2, -0.15) is 0 Å². The molecule has 1 aromatic carbocycles. The van der Waals surface area contributed by atoms with Crippen molar-refractivity contribution in [3.8, 4) is 0 Å². The van der Waals surface area contributed by atoms with E-state index in [-0.39, 0.29) is 24.0 Å². The van der Waals surface area contributed by atoms with Crippen LogP contribution in [-0.2, 0) is 11.3 Å². The standard InChI is InChI=1S/C18H30N4O.HI/c1-19-18(20-10-5-11-23-14-15-8-9-15)21-13-16-6-4-7-17(12-16)22(2)3;/h4,6-7,12,15H,5,8-11,13-14H2,1-3H3,(H2,19,20,21);1H. The summed E-state index contributed by atoms with van der Waals surface area (Å²) in [5.41, 5.74) is 2.45. The highest BCUT2D eigenvalue weighted by Crippen LogP contribution is 2.28. The van der Waals surface area contributed by atoms with Gasteiger partial charge < -0.3 is 20.3 Å². The number of anilines is 1. The Balaban J connectivity index is 0.00000288. The highest BCUT2D eigenvalue weighted by Gasteiger charge is 2.20. The van der Waals surface area contributed by atoms with Crippen LogP contribution in [0, 0.1) is 5.92 Å². The number of halogens is 1. The van der Waals surface area contributed by atoms with Gasteiger partial charge in [0, 0.05) is 53.1 Å². The van der Waals surface area contributed by atoms with Crippen LogP contribution in [0.15, 0.2) is 29.3 Å². The van der Waals surface area contributed by atoms with E-state index >= 15 is 0 Å². The van der Waals surface area contributed by atoms with E-state index in [0.717, 1.165) is 44.6 Å². The summed E-state index contributed by atoms with van der Waals surface area (Å²) in [6.45, 7) is 3.40. The molecule has 136 valence electrons. The molecule has 1 aromatic rings. The molecule has 0 aliphatic heterocycles. The van der Waals surface area contributed by atoms with E-state index in [1.165, 1.54) is 24.1 Å². The van der Waals surface area contributed by atoms with E-state index in [2.05, 4.69) is 58.9 Å². The van der Waals surface area contributed by atoms with Crippen molar-refractivity contribution >= 4 is 35.6 Å². The molecule has 0 heterocycles. The fourth-order valence-corrected chi connectivity index (χ4v) is 2.27. The van der Waals surface area contributed by atoms with Gasteiger partial charge >= 0.3 is 0 Å². The van der Waals surface area contributed by atoms with Gasteiger partial charge in [-0.1, -0.05) is 12.1 Å². The lowest BCUT2D eigenvalue weighted by Gasteiger charge is -2.15. The molecular formula is C18H31IN4O. The Morgan fingerprint density at radius 2 is 2.08 bits per heavy atom. The van der Waals surface area contributed by atoms with Crippen LogP contribution in [0.1, 0.15) is 24.8 Å². The largest absolute Gasteiger partial charge is 0.381 e. The van der Waals surface area contributed by atoms with Crippen molar-refractivity contribution < 1.29 is 4.74 Å². The maximum absolute atomic E-state index is 5.63. The summed E-state index contributed by atoms with van der Waals surface area (Å²) in [6, 6.07) is 8.50. The van der Waals surface area contributed by atoms with Crippen LogP contribution in [0.2, 0.25) is 0 Å². The lowest BCUT2D eigenvalue weighted by atomic mass is 10.2. The van der Waals surface area contributed by atoms with E-state index in [1.807, 2.05) is 0 Å². The average molecular weight is 446 g/mol. The van der Waals surface area contributed by atoms with Crippen LogP contribution in [0.25, 0.3) is 0 Å². The first-order chi connectivity index (χ1) is 11.2. The molecule has 0 saturated heterocycles. The zero-order chi connectivity index (χ0) is 16.5. The normalized spacial score (nSPS) is 14.0. The van der Waals surface area contributed by atoms with E-state index in [9.17, 15) is 0 Å². The quantitative estimate of drug-likeness (QED) is 0.265. The molecule has 5 nitrogen and oxygen atoms in total. The Kier molecular flexibility index (Phi) is 10.1. The highest BCUT2D eigenvalue weighted by atomic mass is 127. The third-order valence-corrected chi connectivity index (χ3v) is 3.92. The Morgan fingerprint density at radius 3 is 2.75 bits per heavy atom. The van der Waals surface area contributed by atoms with Crippen LogP contribution in [0.4, 0.5) is 5.69 Å². The Hall–Kier alpha value is -1.02. The molecule has 24 heavy (non-hydrogen) atoms. The number of guanidine groups is 1. The second-order valence-corrected chi connectivity index (χ2v) is 6.29. The van der Waals surface area contributed by atoms with Crippen LogP contribution >= 0.6 is 24.0 Å². The molecule has 0 radical (unpaired) electrons. The summed E-state index contributed by atoms with van der Waals surface area (Å²) in [4.78, 5) is 6.37. The molecule has 1 aliphatic rings. The lowest BCUT2D eigenvalue weighted by Crippen LogP contribution is -2.37. The highest BCUT2D eigenvalue weighted by molar-refractivity contribution is 14.0. The van der Waals surface area contributed by atoms with Gasteiger partial charge in [-0.15, -0.1) is 24.0 Å². The maximum Gasteiger partial charge on any atom is 0.191 e. The van der Waals surface area contributed by atoms with Gasteiger partial charge in [0.05, 0.1) is 0 Å². The maximum atomic E-state index is 5.63. The van der Waals surface area contributed by atoms with Crippen molar-refractivity contribution in [2.45, 2.75) is 25.8 Å². The van der Waals surface area contributed by atoms with Crippen molar-refractivity contribution in [3.05, 3.63) is 29.8 Å². The minimum absolute atomic E-state index is 0. The number of aliphatic imine (C=N–C) groups is 1. The van der Waals surface area contributed by atoms with Gasteiger partial charge in [-0.3, -0.25) is 4.99 Å². The van der Waals surface area contributed by atoms with Gasteiger partial charge in [0.15, 0.2) is 5.96 Å². The number of hydrogen-bond acceptors (Lipinski definition) is 3. The van der Waals surface area contributed by atoms with Crippen molar-refractivity contribution in [1.82, 2.24) is 10.6 Å². The molecule has 0 atom stereocenters. The van der Waals surface area contributed by atoms with E-state index in [0.29, 0.717) is 0 Å². The van der Waals surface area contributed by atoms with Crippen molar-refractivity contribution in [1.29, 1.82) is 0 Å². The first kappa shape index (κ1) is 21.0. The lowest BCUT2D eigenvalue weighted by molar-refractivity contribution is 0.123. The smallest absolute Gasteiger partial charge is 0.191 e. The number of rotatable bonds is 9. The Labute approximate surface area is 163 Å². The van der Waals surface area contributed by atoms with Crippen LogP contribution in [0.3, 0.4) is 0 Å². The summed E-state index contributed by atoms with van der Waals surface area (Å²) in [7, 11) is 5.91. The molecule has 0 amide bonds. The van der Waals surface area contributed by atoms with Crippen molar-refractivity contribution in [2.75, 3.05) is 45.8 Å². The third-order valence-electron chi connectivity index (χ3n) is 3.92. The predicted octanol–water partition coefficient (Wildman–Crippen LogP) is 2.85. The van der Waals surface area contributed by atoms with E-state index < -0.39 is 0 Å². The Morgan fingerprint density at radius 1 is 1.29 bits per heavy atom. The molecule has 2 rings (SSSR count). The zero-order valence-electron chi connectivity index (χ0n) is 15.0. The minimum Gasteiger partial charge on any atom is -0.381 e. The van der Waals surface area contributed by atoms with Crippen LogP contribution < -0.4 is 15.5 Å². The molecule has 6 heteroatoms. The summed E-state index contributed by atoms with van der Waals surface area (Å²) in [6.07, 6.45) is 3.71. The zero-order valence-corrected chi connectivity index (χ0v) is 17.4. The van der Waals surface area contributed by atoms with Crippen molar-refractivity contribution in [2.24, 2.45) is 10.9 Å². The predicted molar refractivity (Wildman–Crippen MR) is 113 cm³/mol. The number of nitrogens with one attached hydrogen (secondary N) is 2. The number of hydrogen-bond donors (Lipinski definition) is 2. The number of benzene rings is 1. The monoisotopic (exact) mass is 446 g/mol. The first-order valence-electron chi connectivity index (χ1n) is 8.47. The van der Waals surface area contributed by atoms with Gasteiger partial charge in [0.2, 0.25) is 0 Å². The summed E-state index contributed by atoms with van der Waals surface area (Å²) in [5.74, 6) is 1.68. The molecule has 0 spiro atoms.